The molecule has 1 aromatic heterocycles. The van der Waals surface area contributed by atoms with Gasteiger partial charge >= 0.3 is 5.97 Å². The van der Waals surface area contributed by atoms with Gasteiger partial charge in [0.15, 0.2) is 6.61 Å². The number of nitrogens with zero attached hydrogens (tertiary/aromatic N) is 2. The van der Waals surface area contributed by atoms with Gasteiger partial charge in [0, 0.05) is 5.56 Å². The molecule has 1 heterocycles. The molecule has 0 unspecified atom stereocenters. The zero-order valence-electron chi connectivity index (χ0n) is 13.9. The molecule has 0 amide bonds. The van der Waals surface area contributed by atoms with E-state index >= 15 is 0 Å². The van der Waals surface area contributed by atoms with E-state index in [9.17, 15) is 17.6 Å². The summed E-state index contributed by atoms with van der Waals surface area (Å²) in [6.07, 6.45) is 0.961. The molecule has 0 bridgehead atoms. The second-order valence-electron chi connectivity index (χ2n) is 5.74. The van der Waals surface area contributed by atoms with Crippen LogP contribution in [0.15, 0.2) is 28.8 Å². The highest BCUT2D eigenvalue weighted by Gasteiger charge is 2.27. The Morgan fingerprint density at radius 3 is 2.52 bits per heavy atom. The van der Waals surface area contributed by atoms with Crippen molar-refractivity contribution in [2.24, 2.45) is 5.92 Å². The maximum atomic E-state index is 12.9. The number of nitrogens with one attached hydrogen (secondary N) is 1. The molecule has 10 heteroatoms. The monoisotopic (exact) mass is 371 g/mol. The van der Waals surface area contributed by atoms with Gasteiger partial charge < -0.3 is 9.26 Å². The molecule has 1 aromatic carbocycles. The zero-order valence-corrected chi connectivity index (χ0v) is 14.7. The van der Waals surface area contributed by atoms with E-state index in [-0.39, 0.29) is 30.1 Å². The number of sulfonamides is 1. The number of halogens is 1. The first-order chi connectivity index (χ1) is 11.7. The lowest BCUT2D eigenvalue weighted by atomic mass is 10.1. The predicted octanol–water partition coefficient (Wildman–Crippen LogP) is 1.49. The first-order valence-corrected chi connectivity index (χ1v) is 9.27. The molecule has 0 radical (unpaired) electrons. The SMILES string of the molecule is CC(C)[C@H](NS(C)(=O)=O)C(=O)OCc1nc(-c2ccc(F)cc2)no1. The molecule has 0 fully saturated rings. The van der Waals surface area contributed by atoms with E-state index in [0.717, 1.165) is 6.26 Å². The van der Waals surface area contributed by atoms with Crippen molar-refractivity contribution < 1.29 is 26.9 Å². The van der Waals surface area contributed by atoms with Crippen LogP contribution in [0.5, 0.6) is 0 Å². The minimum Gasteiger partial charge on any atom is -0.454 e. The average molecular weight is 371 g/mol. The normalized spacial score (nSPS) is 13.0. The number of carbonyl (C=O) groups is 1. The summed E-state index contributed by atoms with van der Waals surface area (Å²) in [6, 6.07) is 4.47. The lowest BCUT2D eigenvalue weighted by Crippen LogP contribution is -2.44. The number of esters is 1. The van der Waals surface area contributed by atoms with Crippen molar-refractivity contribution >= 4 is 16.0 Å². The van der Waals surface area contributed by atoms with Crippen molar-refractivity contribution in [3.8, 4) is 11.4 Å². The largest absolute Gasteiger partial charge is 0.454 e. The highest BCUT2D eigenvalue weighted by atomic mass is 32.2. The summed E-state index contributed by atoms with van der Waals surface area (Å²) in [5.74, 6) is -1.18. The molecule has 0 aliphatic carbocycles. The van der Waals surface area contributed by atoms with Crippen molar-refractivity contribution in [1.29, 1.82) is 0 Å². The molecule has 8 nitrogen and oxygen atoms in total. The van der Waals surface area contributed by atoms with Gasteiger partial charge in [0.25, 0.3) is 5.89 Å². The van der Waals surface area contributed by atoms with E-state index in [1.807, 2.05) is 0 Å². The number of aromatic nitrogens is 2. The summed E-state index contributed by atoms with van der Waals surface area (Å²) in [4.78, 5) is 16.1. The van der Waals surface area contributed by atoms with E-state index in [1.54, 1.807) is 13.8 Å². The first kappa shape index (κ1) is 19.0. The third-order valence-electron chi connectivity index (χ3n) is 3.17. The summed E-state index contributed by atoms with van der Waals surface area (Å²) in [6.45, 7) is 3.06. The average Bonchev–Trinajstić information content (AvgIpc) is 2.99. The molecule has 0 aliphatic rings. The van der Waals surface area contributed by atoms with E-state index in [0.29, 0.717) is 5.56 Å². The highest BCUT2D eigenvalue weighted by molar-refractivity contribution is 7.88. The van der Waals surface area contributed by atoms with Crippen LogP contribution < -0.4 is 4.72 Å². The van der Waals surface area contributed by atoms with E-state index in [1.165, 1.54) is 24.3 Å². The Kier molecular flexibility index (Phi) is 5.85. The Bertz CT molecular complexity index is 833. The Balaban J connectivity index is 2.01. The molecule has 0 spiro atoms. The summed E-state index contributed by atoms with van der Waals surface area (Å²) in [7, 11) is -3.56. The molecule has 136 valence electrons. The number of hydrogen-bond acceptors (Lipinski definition) is 7. The van der Waals surface area contributed by atoms with Crippen LogP contribution in [0.2, 0.25) is 0 Å². The fourth-order valence-electron chi connectivity index (χ4n) is 1.94. The fourth-order valence-corrected chi connectivity index (χ4v) is 2.77. The Hall–Kier alpha value is -2.33. The van der Waals surface area contributed by atoms with Crippen LogP contribution in [0.1, 0.15) is 19.7 Å². The minimum atomic E-state index is -3.56. The maximum Gasteiger partial charge on any atom is 0.324 e. The molecule has 2 aromatic rings. The summed E-state index contributed by atoms with van der Waals surface area (Å²) < 4.78 is 47.8. The van der Waals surface area contributed by atoms with Gasteiger partial charge in [0.05, 0.1) is 6.26 Å². The minimum absolute atomic E-state index is 0.0366. The summed E-state index contributed by atoms with van der Waals surface area (Å²) in [5.41, 5.74) is 0.543. The lowest BCUT2D eigenvalue weighted by Gasteiger charge is -2.19. The Morgan fingerprint density at radius 2 is 1.96 bits per heavy atom. The smallest absolute Gasteiger partial charge is 0.324 e. The quantitative estimate of drug-likeness (QED) is 0.734. The van der Waals surface area contributed by atoms with Crippen LogP contribution in [0.4, 0.5) is 4.39 Å². The third-order valence-corrected chi connectivity index (χ3v) is 3.85. The first-order valence-electron chi connectivity index (χ1n) is 7.38. The summed E-state index contributed by atoms with van der Waals surface area (Å²) in [5, 5.41) is 3.72. The highest BCUT2D eigenvalue weighted by Crippen LogP contribution is 2.16. The van der Waals surface area contributed by atoms with Crippen LogP contribution in [-0.4, -0.2) is 36.8 Å². The van der Waals surface area contributed by atoms with Crippen LogP contribution in [-0.2, 0) is 26.2 Å². The maximum absolute atomic E-state index is 12.9. The zero-order chi connectivity index (χ0) is 18.6. The van der Waals surface area contributed by atoms with E-state index < -0.39 is 22.0 Å². The van der Waals surface area contributed by atoms with Crippen molar-refractivity contribution in [2.75, 3.05) is 6.26 Å². The molecule has 0 aliphatic heterocycles. The lowest BCUT2D eigenvalue weighted by molar-refractivity contribution is -0.148. The van der Waals surface area contributed by atoms with E-state index in [2.05, 4.69) is 14.9 Å². The standard InChI is InChI=1S/C15H18FN3O5S/c1-9(2)13(19-25(3,21)22)15(20)23-8-12-17-14(18-24-12)10-4-6-11(16)7-5-10/h4-7,9,13,19H,8H2,1-3H3/t13-/m0/s1. The molecule has 0 saturated heterocycles. The number of hydrogen-bond donors (Lipinski definition) is 1. The van der Waals surface area contributed by atoms with Crippen LogP contribution in [0.25, 0.3) is 11.4 Å². The van der Waals surface area contributed by atoms with Gasteiger partial charge in [0.1, 0.15) is 11.9 Å². The summed E-state index contributed by atoms with van der Waals surface area (Å²) >= 11 is 0. The molecule has 1 N–H and O–H groups in total. The molecule has 1 atom stereocenters. The number of ether oxygens (including phenoxy) is 1. The molecule has 2 rings (SSSR count). The Morgan fingerprint density at radius 1 is 1.32 bits per heavy atom. The number of rotatable bonds is 7. The van der Waals surface area contributed by atoms with Gasteiger partial charge in [0.2, 0.25) is 15.8 Å². The Labute approximate surface area is 144 Å². The number of carbonyl (C=O) groups excluding carboxylic acids is 1. The predicted molar refractivity (Wildman–Crippen MR) is 86.1 cm³/mol. The van der Waals surface area contributed by atoms with Gasteiger partial charge in [-0.1, -0.05) is 19.0 Å². The van der Waals surface area contributed by atoms with Crippen molar-refractivity contribution in [3.63, 3.8) is 0 Å². The van der Waals surface area contributed by atoms with Crippen molar-refractivity contribution in [3.05, 3.63) is 36.0 Å². The molecular formula is C15H18FN3O5S. The second-order valence-corrected chi connectivity index (χ2v) is 7.52. The van der Waals surface area contributed by atoms with Gasteiger partial charge in [-0.25, -0.2) is 17.5 Å². The third kappa shape index (κ3) is 5.61. The topological polar surface area (TPSA) is 111 Å². The van der Waals surface area contributed by atoms with E-state index in [4.69, 9.17) is 9.26 Å². The van der Waals surface area contributed by atoms with Crippen LogP contribution in [0, 0.1) is 11.7 Å². The van der Waals surface area contributed by atoms with Gasteiger partial charge in [-0.3, -0.25) is 4.79 Å². The molecule has 0 saturated carbocycles. The second kappa shape index (κ2) is 7.70. The number of benzene rings is 1. The van der Waals surface area contributed by atoms with Crippen LogP contribution in [0.3, 0.4) is 0 Å². The molecule has 25 heavy (non-hydrogen) atoms. The van der Waals surface area contributed by atoms with Gasteiger partial charge in [-0.05, 0) is 30.2 Å². The van der Waals surface area contributed by atoms with Gasteiger partial charge in [-0.2, -0.15) is 4.98 Å². The van der Waals surface area contributed by atoms with Gasteiger partial charge in [-0.15, -0.1) is 0 Å². The fraction of sp³-hybridized carbons (Fsp3) is 0.400. The van der Waals surface area contributed by atoms with Crippen LogP contribution >= 0.6 is 0 Å². The molecular weight excluding hydrogens is 353 g/mol. The van der Waals surface area contributed by atoms with Crippen molar-refractivity contribution in [2.45, 2.75) is 26.5 Å². The van der Waals surface area contributed by atoms with Crippen molar-refractivity contribution in [1.82, 2.24) is 14.9 Å².